The minimum absolute atomic E-state index is 0.0111. The van der Waals surface area contributed by atoms with Gasteiger partial charge in [-0.15, -0.1) is 22.9 Å². The highest BCUT2D eigenvalue weighted by Gasteiger charge is 2.25. The van der Waals surface area contributed by atoms with Crippen LogP contribution in [0, 0.1) is 13.8 Å². The van der Waals surface area contributed by atoms with Crippen LogP contribution in [0.3, 0.4) is 0 Å². The predicted molar refractivity (Wildman–Crippen MR) is 115 cm³/mol. The van der Waals surface area contributed by atoms with E-state index < -0.39 is 5.97 Å². The molecule has 0 unspecified atom stereocenters. The fourth-order valence-electron chi connectivity index (χ4n) is 2.47. The van der Waals surface area contributed by atoms with E-state index in [1.807, 2.05) is 20.8 Å². The summed E-state index contributed by atoms with van der Waals surface area (Å²) < 4.78 is 5.12. The molecule has 10 heteroatoms. The lowest BCUT2D eigenvalue weighted by Crippen LogP contribution is -2.42. The number of carboxylic acids is 1. The molecule has 0 aliphatic heterocycles. The fourth-order valence-corrected chi connectivity index (χ4v) is 3.76. The molecule has 0 saturated heterocycles. The molecule has 0 aromatic carbocycles. The minimum atomic E-state index is -1.18. The number of aromatic nitrogens is 1. The van der Waals surface area contributed by atoms with Gasteiger partial charge in [-0.25, -0.2) is 9.78 Å². The molecule has 0 spiro atoms. The molecular weight excluding hydrogens is 447 g/mol. The average Bonchev–Trinajstić information content (AvgIpc) is 2.97. The van der Waals surface area contributed by atoms with Crippen molar-refractivity contribution in [2.45, 2.75) is 26.8 Å². The first-order valence-electron chi connectivity index (χ1n) is 8.10. The molecule has 0 bridgehead atoms. The first kappa shape index (κ1) is 24.7. The number of hydrogen-bond donors (Lipinski definition) is 1. The van der Waals surface area contributed by atoms with Crippen molar-refractivity contribution in [3.63, 3.8) is 0 Å². The number of methoxy groups -OCH3 is 1. The summed E-state index contributed by atoms with van der Waals surface area (Å²) in [7, 11) is 1.63. The highest BCUT2D eigenvalue weighted by atomic mass is 35.5. The third-order valence-electron chi connectivity index (χ3n) is 3.61. The Balaban J connectivity index is 0.000000307. The van der Waals surface area contributed by atoms with Gasteiger partial charge < -0.3 is 14.7 Å². The van der Waals surface area contributed by atoms with Gasteiger partial charge in [-0.1, -0.05) is 23.2 Å². The second kappa shape index (κ2) is 11.6. The van der Waals surface area contributed by atoms with Gasteiger partial charge in [0.2, 0.25) is 5.91 Å². The number of carbonyl (C=O) groups excluding carboxylic acids is 1. The number of pyridine rings is 1. The molecule has 6 nitrogen and oxygen atoms in total. The van der Waals surface area contributed by atoms with Crippen LogP contribution in [0.4, 0.5) is 5.69 Å². The van der Waals surface area contributed by atoms with Gasteiger partial charge in [-0.05, 0) is 43.8 Å². The first-order valence-corrected chi connectivity index (χ1v) is 10.3. The Hall–Kier alpha value is -1.38. The van der Waals surface area contributed by atoms with Gasteiger partial charge in [-0.3, -0.25) is 4.79 Å². The van der Waals surface area contributed by atoms with Crippen molar-refractivity contribution >= 4 is 63.7 Å². The zero-order valence-electron chi connectivity index (χ0n) is 15.8. The van der Waals surface area contributed by atoms with Crippen LogP contribution in [0.25, 0.3) is 0 Å². The van der Waals surface area contributed by atoms with Crippen LogP contribution in [0.2, 0.25) is 10.2 Å². The van der Waals surface area contributed by atoms with Crippen LogP contribution < -0.4 is 4.90 Å². The number of thiophene rings is 1. The number of alkyl halides is 1. The summed E-state index contributed by atoms with van der Waals surface area (Å²) in [4.78, 5) is 28.7. The van der Waals surface area contributed by atoms with Crippen molar-refractivity contribution in [1.82, 2.24) is 4.98 Å². The van der Waals surface area contributed by atoms with Crippen molar-refractivity contribution in [3.05, 3.63) is 43.8 Å². The number of nitrogens with zero attached hydrogens (tertiary/aromatic N) is 2. The fraction of sp³-hybridized carbons (Fsp3) is 0.389. The summed E-state index contributed by atoms with van der Waals surface area (Å²) in [5.41, 5.74) is 1.86. The van der Waals surface area contributed by atoms with E-state index in [1.54, 1.807) is 23.3 Å². The monoisotopic (exact) mass is 466 g/mol. The van der Waals surface area contributed by atoms with Crippen LogP contribution in [0.1, 0.15) is 27.9 Å². The van der Waals surface area contributed by atoms with E-state index in [0.717, 1.165) is 16.1 Å². The lowest BCUT2D eigenvalue weighted by molar-refractivity contribution is -0.116. The molecule has 1 N–H and O–H groups in total. The van der Waals surface area contributed by atoms with Crippen molar-refractivity contribution < 1.29 is 19.4 Å². The molecule has 1 atom stereocenters. The molecule has 2 aromatic rings. The number of rotatable bonds is 6. The van der Waals surface area contributed by atoms with Gasteiger partial charge in [0.25, 0.3) is 0 Å². The minimum Gasteiger partial charge on any atom is -0.476 e. The third-order valence-corrected chi connectivity index (χ3v) is 5.37. The topological polar surface area (TPSA) is 79.7 Å². The Labute approximate surface area is 183 Å². The number of hydrogen-bond acceptors (Lipinski definition) is 5. The third kappa shape index (κ3) is 6.60. The van der Waals surface area contributed by atoms with E-state index in [2.05, 4.69) is 10.4 Å². The molecule has 0 aliphatic carbocycles. The van der Waals surface area contributed by atoms with Crippen LogP contribution in [0.15, 0.2) is 17.5 Å². The quantitative estimate of drug-likeness (QED) is 0.474. The van der Waals surface area contributed by atoms with Gasteiger partial charge >= 0.3 is 5.97 Å². The molecule has 28 heavy (non-hydrogen) atoms. The maximum absolute atomic E-state index is 12.0. The van der Waals surface area contributed by atoms with Gasteiger partial charge in [0.15, 0.2) is 5.69 Å². The smallest absolute Gasteiger partial charge is 0.356 e. The van der Waals surface area contributed by atoms with E-state index in [1.165, 1.54) is 12.1 Å². The largest absolute Gasteiger partial charge is 0.476 e. The van der Waals surface area contributed by atoms with Crippen molar-refractivity contribution in [2.24, 2.45) is 0 Å². The van der Waals surface area contributed by atoms with Crippen LogP contribution in [0.5, 0.6) is 0 Å². The second-order valence-electron chi connectivity index (χ2n) is 5.79. The van der Waals surface area contributed by atoms with Crippen molar-refractivity contribution in [3.8, 4) is 0 Å². The van der Waals surface area contributed by atoms with Crippen molar-refractivity contribution in [1.29, 1.82) is 0 Å². The second-order valence-corrected chi connectivity index (χ2v) is 7.94. The van der Waals surface area contributed by atoms with Gasteiger partial charge in [0, 0.05) is 12.0 Å². The lowest BCUT2D eigenvalue weighted by atomic mass is 10.2. The number of amides is 1. The number of carbonyl (C=O) groups is 2. The number of halogens is 3. The van der Waals surface area contributed by atoms with E-state index >= 15 is 0 Å². The molecule has 1 amide bonds. The van der Waals surface area contributed by atoms with E-state index in [-0.39, 0.29) is 33.7 Å². The average molecular weight is 468 g/mol. The molecular formula is C18H21Cl3N2O4S. The Kier molecular flexibility index (Phi) is 10.2. The molecule has 2 rings (SSSR count). The van der Waals surface area contributed by atoms with Crippen LogP contribution >= 0.6 is 46.1 Å². The Morgan fingerprint density at radius 1 is 1.32 bits per heavy atom. The predicted octanol–water partition coefficient (Wildman–Crippen LogP) is 5.06. The lowest BCUT2D eigenvalue weighted by Gasteiger charge is -2.29. The highest BCUT2D eigenvalue weighted by Crippen LogP contribution is 2.32. The number of aryl methyl sites for hydroxylation is 2. The summed E-state index contributed by atoms with van der Waals surface area (Å²) in [5.74, 6) is -1.28. The summed E-state index contributed by atoms with van der Waals surface area (Å²) in [6, 6.07) is 2.80. The number of aromatic carboxylic acids is 1. The number of anilines is 1. The summed E-state index contributed by atoms with van der Waals surface area (Å²) in [5, 5.41) is 10.7. The Bertz CT molecular complexity index is 810. The Morgan fingerprint density at radius 3 is 2.39 bits per heavy atom. The normalized spacial score (nSPS) is 11.4. The van der Waals surface area contributed by atoms with E-state index in [4.69, 9.17) is 44.6 Å². The SMILES string of the molecule is COC[C@H](C)N(C(=O)CCl)c1c(C)csc1C.O=C(O)c1nc(Cl)ccc1Cl. The first-order chi connectivity index (χ1) is 13.1. The van der Waals surface area contributed by atoms with E-state index in [0.29, 0.717) is 6.61 Å². The summed E-state index contributed by atoms with van der Waals surface area (Å²) in [6.07, 6.45) is 0. The number of ether oxygens (including phenoxy) is 1. The van der Waals surface area contributed by atoms with E-state index in [9.17, 15) is 9.59 Å². The van der Waals surface area contributed by atoms with Gasteiger partial charge in [0.1, 0.15) is 11.0 Å². The molecule has 154 valence electrons. The maximum atomic E-state index is 12.0. The number of carboxylic acid groups (broad SMARTS) is 1. The molecule has 0 fully saturated rings. The Morgan fingerprint density at radius 2 is 1.96 bits per heavy atom. The zero-order valence-corrected chi connectivity index (χ0v) is 18.9. The van der Waals surface area contributed by atoms with Crippen molar-refractivity contribution in [2.75, 3.05) is 24.5 Å². The highest BCUT2D eigenvalue weighted by molar-refractivity contribution is 7.10. The summed E-state index contributed by atoms with van der Waals surface area (Å²) >= 11 is 18.2. The molecule has 0 radical (unpaired) electrons. The maximum Gasteiger partial charge on any atom is 0.356 e. The van der Waals surface area contributed by atoms with Gasteiger partial charge in [0.05, 0.1) is 23.4 Å². The molecule has 2 heterocycles. The molecule has 0 saturated carbocycles. The van der Waals surface area contributed by atoms with Crippen LogP contribution in [-0.4, -0.2) is 47.6 Å². The zero-order chi connectivity index (χ0) is 21.4. The van der Waals surface area contributed by atoms with Crippen LogP contribution in [-0.2, 0) is 9.53 Å². The van der Waals surface area contributed by atoms with Gasteiger partial charge in [-0.2, -0.15) is 0 Å². The molecule has 2 aromatic heterocycles. The molecule has 0 aliphatic rings. The standard InChI is InChI=1S/C12H18ClNO2S.C6H3Cl2NO2/c1-8-7-17-10(3)12(8)14(11(15)5-13)9(2)6-16-4;7-3-1-2-4(8)9-5(3)6(10)11/h7,9H,5-6H2,1-4H3;1-2H,(H,10,11)/t9-;/m0./s1. The summed E-state index contributed by atoms with van der Waals surface area (Å²) in [6.45, 7) is 6.48.